The molecule has 0 atom stereocenters. The number of hydrogen-bond donors (Lipinski definition) is 1. The van der Waals surface area contributed by atoms with Crippen LogP contribution in [-0.4, -0.2) is 31.1 Å². The lowest BCUT2D eigenvalue weighted by Crippen LogP contribution is -2.31. The quantitative estimate of drug-likeness (QED) is 0.554. The number of nitrogens with zero attached hydrogens (tertiary/aromatic N) is 1. The highest BCUT2D eigenvalue weighted by atomic mass is 32.1. The fraction of sp³-hybridized carbons (Fsp3) is 0.765. The maximum Gasteiger partial charge on any atom is 0.220 e. The Kier molecular flexibility index (Phi) is 7.01. The van der Waals surface area contributed by atoms with Gasteiger partial charge in [0.15, 0.2) is 0 Å². The fourth-order valence-corrected chi connectivity index (χ4v) is 3.27. The number of hydrogen-bond acceptors (Lipinski definition) is 4. The van der Waals surface area contributed by atoms with Crippen molar-refractivity contribution in [2.24, 2.45) is 0 Å². The van der Waals surface area contributed by atoms with Gasteiger partial charge in [0.2, 0.25) is 5.43 Å². The van der Waals surface area contributed by atoms with Gasteiger partial charge in [-0.1, -0.05) is 46.8 Å². The zero-order chi connectivity index (χ0) is 16.0. The predicted molar refractivity (Wildman–Crippen MR) is 94.7 cm³/mol. The Hall–Kier alpha value is -0.740. The van der Waals surface area contributed by atoms with E-state index in [1.54, 1.807) is 0 Å². The molecule has 1 aromatic rings. The van der Waals surface area contributed by atoms with Crippen LogP contribution in [0.4, 0.5) is 5.69 Å². The molecule has 0 aliphatic heterocycles. The van der Waals surface area contributed by atoms with Crippen LogP contribution < -0.4 is 10.7 Å². The molecule has 0 unspecified atom stereocenters. The first-order chi connectivity index (χ1) is 9.82. The van der Waals surface area contributed by atoms with Gasteiger partial charge in [-0.05, 0) is 44.3 Å². The largest absolute Gasteiger partial charge is 0.382 e. The van der Waals surface area contributed by atoms with Crippen molar-refractivity contribution in [1.29, 1.82) is 0 Å². The van der Waals surface area contributed by atoms with Gasteiger partial charge in [-0.2, -0.15) is 0 Å². The summed E-state index contributed by atoms with van der Waals surface area (Å²) in [6.07, 6.45) is 3.44. The summed E-state index contributed by atoms with van der Waals surface area (Å²) in [6.45, 7) is 15.0. The summed E-state index contributed by atoms with van der Waals surface area (Å²) in [5, 5.41) is 3.31. The Balaban J connectivity index is 2.49. The maximum atomic E-state index is 11.9. The van der Waals surface area contributed by atoms with E-state index in [1.807, 2.05) is 0 Å². The van der Waals surface area contributed by atoms with Crippen molar-refractivity contribution < 1.29 is 0 Å². The van der Waals surface area contributed by atoms with Crippen LogP contribution in [0.5, 0.6) is 0 Å². The highest BCUT2D eigenvalue weighted by Crippen LogP contribution is 2.30. The molecule has 0 bridgehead atoms. The Morgan fingerprint density at radius 3 is 2.14 bits per heavy atom. The van der Waals surface area contributed by atoms with E-state index in [9.17, 15) is 4.79 Å². The first-order valence-electron chi connectivity index (χ1n) is 8.12. The summed E-state index contributed by atoms with van der Waals surface area (Å²) in [4.78, 5) is 14.4. The molecule has 21 heavy (non-hydrogen) atoms. The fourth-order valence-electron chi connectivity index (χ4n) is 2.76. The first kappa shape index (κ1) is 18.3. The highest BCUT2D eigenvalue weighted by Gasteiger charge is 2.27. The van der Waals surface area contributed by atoms with Crippen molar-refractivity contribution in [2.45, 2.75) is 59.3 Å². The van der Waals surface area contributed by atoms with Crippen LogP contribution in [0.25, 0.3) is 0 Å². The molecular formula is C17H30N2OS. The molecule has 1 rings (SSSR count). The van der Waals surface area contributed by atoms with Gasteiger partial charge in [-0.25, -0.2) is 0 Å². The van der Waals surface area contributed by atoms with Crippen LogP contribution in [0, 0.1) is 4.51 Å². The molecule has 0 aliphatic carbocycles. The van der Waals surface area contributed by atoms with E-state index >= 15 is 0 Å². The molecule has 0 saturated carbocycles. The summed E-state index contributed by atoms with van der Waals surface area (Å²) in [6, 6.07) is 0. The minimum absolute atomic E-state index is 0.0221. The average molecular weight is 311 g/mol. The Morgan fingerprint density at radius 1 is 1.10 bits per heavy atom. The maximum absolute atomic E-state index is 11.9. The van der Waals surface area contributed by atoms with Crippen LogP contribution in [0.15, 0.2) is 4.79 Å². The average Bonchev–Trinajstić information content (AvgIpc) is 2.40. The monoisotopic (exact) mass is 310 g/mol. The highest BCUT2D eigenvalue weighted by molar-refractivity contribution is 7.71. The van der Waals surface area contributed by atoms with E-state index in [-0.39, 0.29) is 10.8 Å². The molecule has 1 N–H and O–H groups in total. The third-order valence-corrected chi connectivity index (χ3v) is 4.08. The molecule has 120 valence electrons. The van der Waals surface area contributed by atoms with Crippen molar-refractivity contribution >= 4 is 17.9 Å². The Labute approximate surface area is 134 Å². The standard InChI is InChI=1S/C17H30N2OS/c1-6-10-19(11-7-2)12-8-9-18-14-13(17(3,4)5)16(21)15(14)20/h18H,6-12H2,1-5H3. The van der Waals surface area contributed by atoms with Gasteiger partial charge in [0.1, 0.15) is 0 Å². The Morgan fingerprint density at radius 2 is 1.67 bits per heavy atom. The predicted octanol–water partition coefficient (Wildman–Crippen LogP) is 3.87. The molecule has 4 heteroatoms. The van der Waals surface area contributed by atoms with E-state index in [0.717, 1.165) is 43.9 Å². The molecule has 0 heterocycles. The molecule has 0 radical (unpaired) electrons. The van der Waals surface area contributed by atoms with Gasteiger partial charge in [0.25, 0.3) is 0 Å². The number of rotatable bonds is 9. The number of anilines is 1. The second-order valence-corrected chi connectivity index (χ2v) is 7.19. The van der Waals surface area contributed by atoms with Crippen LogP contribution in [0.2, 0.25) is 0 Å². The second-order valence-electron chi connectivity index (χ2n) is 6.78. The van der Waals surface area contributed by atoms with Crippen molar-refractivity contribution in [3.05, 3.63) is 20.3 Å². The van der Waals surface area contributed by atoms with Crippen molar-refractivity contribution in [2.75, 3.05) is 31.5 Å². The van der Waals surface area contributed by atoms with Gasteiger partial charge in [-0.15, -0.1) is 0 Å². The normalized spacial score (nSPS) is 12.3. The van der Waals surface area contributed by atoms with E-state index in [1.165, 1.54) is 12.8 Å². The molecule has 0 spiro atoms. The third-order valence-electron chi connectivity index (χ3n) is 3.69. The third kappa shape index (κ3) is 4.89. The van der Waals surface area contributed by atoms with Gasteiger partial charge >= 0.3 is 0 Å². The number of nitrogens with one attached hydrogen (secondary N) is 1. The van der Waals surface area contributed by atoms with Crippen molar-refractivity contribution in [1.82, 2.24) is 4.90 Å². The van der Waals surface area contributed by atoms with Crippen molar-refractivity contribution in [3.63, 3.8) is 0 Å². The molecule has 0 aromatic heterocycles. The van der Waals surface area contributed by atoms with Crippen LogP contribution in [-0.2, 0) is 5.41 Å². The SMILES string of the molecule is CCCN(CCC)CCCNc1c(C(C)(C)C)c(=S)c1=O. The van der Waals surface area contributed by atoms with Crippen LogP contribution in [0.3, 0.4) is 0 Å². The molecule has 0 aliphatic rings. The van der Waals surface area contributed by atoms with Crippen LogP contribution in [0.1, 0.15) is 59.4 Å². The molecule has 3 nitrogen and oxygen atoms in total. The summed E-state index contributed by atoms with van der Waals surface area (Å²) in [5.41, 5.74) is 1.75. The molecule has 1 aromatic carbocycles. The first-order valence-corrected chi connectivity index (χ1v) is 8.53. The van der Waals surface area contributed by atoms with Crippen LogP contribution >= 0.6 is 12.2 Å². The summed E-state index contributed by atoms with van der Waals surface area (Å²) in [7, 11) is 0. The lowest BCUT2D eigenvalue weighted by Gasteiger charge is -2.26. The zero-order valence-corrected chi connectivity index (χ0v) is 15.0. The molecular weight excluding hydrogens is 280 g/mol. The van der Waals surface area contributed by atoms with Crippen molar-refractivity contribution in [3.8, 4) is 0 Å². The smallest absolute Gasteiger partial charge is 0.220 e. The molecule has 0 fully saturated rings. The minimum atomic E-state index is -0.0518. The van der Waals surface area contributed by atoms with Gasteiger partial charge in [-0.3, -0.25) is 4.79 Å². The lowest BCUT2D eigenvalue weighted by atomic mass is 9.83. The van der Waals surface area contributed by atoms with Gasteiger partial charge < -0.3 is 10.2 Å². The lowest BCUT2D eigenvalue weighted by molar-refractivity contribution is 0.274. The second kappa shape index (κ2) is 8.04. The van der Waals surface area contributed by atoms with Gasteiger partial charge in [0, 0.05) is 12.1 Å². The van der Waals surface area contributed by atoms with E-state index in [4.69, 9.17) is 12.2 Å². The Bertz CT molecular complexity index is 503. The topological polar surface area (TPSA) is 32.3 Å². The molecule has 0 saturated heterocycles. The summed E-state index contributed by atoms with van der Waals surface area (Å²) < 4.78 is 0.517. The van der Waals surface area contributed by atoms with Gasteiger partial charge in [0.05, 0.1) is 10.2 Å². The zero-order valence-electron chi connectivity index (χ0n) is 14.2. The molecule has 0 amide bonds. The van der Waals surface area contributed by atoms with E-state index < -0.39 is 0 Å². The summed E-state index contributed by atoms with van der Waals surface area (Å²) in [5.74, 6) is 0. The summed E-state index contributed by atoms with van der Waals surface area (Å²) >= 11 is 5.19. The van der Waals surface area contributed by atoms with E-state index in [0.29, 0.717) is 4.51 Å². The minimum Gasteiger partial charge on any atom is -0.382 e. The van der Waals surface area contributed by atoms with E-state index in [2.05, 4.69) is 44.8 Å².